The van der Waals surface area contributed by atoms with Gasteiger partial charge in [0.2, 0.25) is 5.91 Å². The molecule has 104 valence electrons. The molecule has 0 saturated carbocycles. The number of likely N-dealkylation sites (tertiary alicyclic amines) is 1. The summed E-state index contributed by atoms with van der Waals surface area (Å²) in [5, 5.41) is 3.47. The molecule has 1 amide bonds. The van der Waals surface area contributed by atoms with Crippen LogP contribution in [0.15, 0.2) is 15.9 Å². The fraction of sp³-hybridized carbons (Fsp3) is 0.643. The number of amides is 1. The van der Waals surface area contributed by atoms with Crippen LogP contribution in [0.1, 0.15) is 17.7 Å². The van der Waals surface area contributed by atoms with Gasteiger partial charge in [0.25, 0.3) is 0 Å². The van der Waals surface area contributed by atoms with E-state index in [4.69, 9.17) is 0 Å². The van der Waals surface area contributed by atoms with Gasteiger partial charge in [-0.1, -0.05) is 0 Å². The highest BCUT2D eigenvalue weighted by molar-refractivity contribution is 9.11. The Hall–Kier alpha value is -0.390. The SMILES string of the molecule is O=C(Cc1ccc(Br)s1)N1CC[C@@H]2CNC[C@@H]2CC1. The Labute approximate surface area is 126 Å². The third-order valence-electron chi connectivity index (χ3n) is 4.33. The third-order valence-corrected chi connectivity index (χ3v) is 5.95. The number of rotatable bonds is 2. The zero-order chi connectivity index (χ0) is 13.2. The van der Waals surface area contributed by atoms with Gasteiger partial charge in [-0.05, 0) is 65.8 Å². The molecule has 2 aliphatic heterocycles. The highest BCUT2D eigenvalue weighted by atomic mass is 79.9. The van der Waals surface area contributed by atoms with E-state index in [9.17, 15) is 4.79 Å². The molecule has 0 aliphatic carbocycles. The average Bonchev–Trinajstić information content (AvgIpc) is 2.94. The lowest BCUT2D eigenvalue weighted by atomic mass is 9.92. The molecule has 1 aromatic rings. The van der Waals surface area contributed by atoms with E-state index in [0.29, 0.717) is 12.3 Å². The minimum atomic E-state index is 0.294. The number of carbonyl (C=O) groups excluding carboxylic acids is 1. The fourth-order valence-corrected chi connectivity index (χ4v) is 4.65. The minimum absolute atomic E-state index is 0.294. The van der Waals surface area contributed by atoms with Crippen molar-refractivity contribution in [3.8, 4) is 0 Å². The predicted octanol–water partition coefficient (Wildman–Crippen LogP) is 2.51. The molecule has 1 N–H and O–H groups in total. The van der Waals surface area contributed by atoms with Crippen molar-refractivity contribution in [2.75, 3.05) is 26.2 Å². The number of hydrogen-bond acceptors (Lipinski definition) is 3. The van der Waals surface area contributed by atoms with E-state index >= 15 is 0 Å². The molecular weight excluding hydrogens is 324 g/mol. The lowest BCUT2D eigenvalue weighted by Gasteiger charge is -2.20. The first-order valence-corrected chi connectivity index (χ1v) is 8.56. The van der Waals surface area contributed by atoms with Gasteiger partial charge in [-0.25, -0.2) is 0 Å². The van der Waals surface area contributed by atoms with Crippen molar-refractivity contribution in [1.82, 2.24) is 10.2 Å². The largest absolute Gasteiger partial charge is 0.342 e. The topological polar surface area (TPSA) is 32.3 Å². The Morgan fingerprint density at radius 2 is 2.00 bits per heavy atom. The summed E-state index contributed by atoms with van der Waals surface area (Å²) in [6.45, 7) is 4.16. The number of hydrogen-bond donors (Lipinski definition) is 1. The van der Waals surface area contributed by atoms with Crippen molar-refractivity contribution in [1.29, 1.82) is 0 Å². The van der Waals surface area contributed by atoms with Crippen LogP contribution < -0.4 is 5.32 Å². The molecule has 2 fully saturated rings. The monoisotopic (exact) mass is 342 g/mol. The zero-order valence-electron chi connectivity index (χ0n) is 10.9. The Morgan fingerprint density at radius 3 is 2.58 bits per heavy atom. The summed E-state index contributed by atoms with van der Waals surface area (Å²) < 4.78 is 1.10. The van der Waals surface area contributed by atoms with Gasteiger partial charge >= 0.3 is 0 Å². The second kappa shape index (κ2) is 5.94. The van der Waals surface area contributed by atoms with Crippen LogP contribution in [0.3, 0.4) is 0 Å². The maximum Gasteiger partial charge on any atom is 0.227 e. The second-order valence-corrected chi connectivity index (χ2v) is 8.07. The molecule has 0 bridgehead atoms. The Kier molecular flexibility index (Phi) is 4.24. The molecule has 0 radical (unpaired) electrons. The van der Waals surface area contributed by atoms with Gasteiger partial charge in [-0.3, -0.25) is 4.79 Å². The number of carbonyl (C=O) groups is 1. The summed E-state index contributed by atoms with van der Waals surface area (Å²) >= 11 is 5.11. The van der Waals surface area contributed by atoms with E-state index in [2.05, 4.69) is 26.1 Å². The minimum Gasteiger partial charge on any atom is -0.342 e. The molecule has 3 rings (SSSR count). The molecular formula is C14H19BrN2OS. The number of halogens is 1. The van der Waals surface area contributed by atoms with Crippen molar-refractivity contribution in [3.63, 3.8) is 0 Å². The van der Waals surface area contributed by atoms with Gasteiger partial charge in [-0.15, -0.1) is 11.3 Å². The Morgan fingerprint density at radius 1 is 1.32 bits per heavy atom. The van der Waals surface area contributed by atoms with Crippen LogP contribution in [-0.4, -0.2) is 37.0 Å². The standard InChI is InChI=1S/C14H19BrN2OS/c15-13-2-1-12(19-13)7-14(18)17-5-3-10-8-16-9-11(10)4-6-17/h1-2,10-11,16H,3-9H2/t10-,11+. The van der Waals surface area contributed by atoms with Gasteiger partial charge < -0.3 is 10.2 Å². The first-order chi connectivity index (χ1) is 9.22. The van der Waals surface area contributed by atoms with Crippen LogP contribution in [0.2, 0.25) is 0 Å². The molecule has 19 heavy (non-hydrogen) atoms. The molecule has 3 nitrogen and oxygen atoms in total. The fourth-order valence-electron chi connectivity index (χ4n) is 3.18. The Balaban J connectivity index is 1.58. The summed E-state index contributed by atoms with van der Waals surface area (Å²) in [4.78, 5) is 15.6. The van der Waals surface area contributed by atoms with Crippen molar-refractivity contribution >= 4 is 33.2 Å². The third kappa shape index (κ3) is 3.20. The Bertz CT molecular complexity index is 448. The molecule has 0 unspecified atom stereocenters. The predicted molar refractivity (Wildman–Crippen MR) is 81.4 cm³/mol. The summed E-state index contributed by atoms with van der Waals surface area (Å²) in [6, 6.07) is 4.06. The maximum absolute atomic E-state index is 12.4. The highest BCUT2D eigenvalue weighted by Gasteiger charge is 2.31. The van der Waals surface area contributed by atoms with Crippen LogP contribution in [0.4, 0.5) is 0 Å². The van der Waals surface area contributed by atoms with Gasteiger partial charge in [0, 0.05) is 18.0 Å². The van der Waals surface area contributed by atoms with E-state index < -0.39 is 0 Å². The van der Waals surface area contributed by atoms with E-state index in [1.807, 2.05) is 12.1 Å². The van der Waals surface area contributed by atoms with Crippen molar-refractivity contribution in [2.24, 2.45) is 11.8 Å². The van der Waals surface area contributed by atoms with Crippen LogP contribution in [0.5, 0.6) is 0 Å². The van der Waals surface area contributed by atoms with Crippen molar-refractivity contribution < 1.29 is 4.79 Å². The van der Waals surface area contributed by atoms with Gasteiger partial charge in [0.15, 0.2) is 0 Å². The van der Waals surface area contributed by atoms with Crippen LogP contribution in [0, 0.1) is 11.8 Å². The van der Waals surface area contributed by atoms with Gasteiger partial charge in [0.05, 0.1) is 10.2 Å². The number of nitrogens with one attached hydrogen (secondary N) is 1. The summed E-state index contributed by atoms with van der Waals surface area (Å²) in [5.74, 6) is 1.87. The normalized spacial score (nSPS) is 27.1. The molecule has 3 heterocycles. The van der Waals surface area contributed by atoms with E-state index in [0.717, 1.165) is 59.5 Å². The smallest absolute Gasteiger partial charge is 0.227 e. The lowest BCUT2D eigenvalue weighted by Crippen LogP contribution is -2.33. The molecule has 2 aliphatic rings. The lowest BCUT2D eigenvalue weighted by molar-refractivity contribution is -0.130. The molecule has 1 aromatic heterocycles. The molecule has 2 saturated heterocycles. The maximum atomic E-state index is 12.4. The van der Waals surface area contributed by atoms with Gasteiger partial charge in [-0.2, -0.15) is 0 Å². The van der Waals surface area contributed by atoms with Crippen molar-refractivity contribution in [3.05, 3.63) is 20.8 Å². The zero-order valence-corrected chi connectivity index (χ0v) is 13.3. The van der Waals surface area contributed by atoms with Gasteiger partial charge in [0.1, 0.15) is 0 Å². The highest BCUT2D eigenvalue weighted by Crippen LogP contribution is 2.28. The number of thiophene rings is 1. The van der Waals surface area contributed by atoms with Crippen LogP contribution in [0.25, 0.3) is 0 Å². The van der Waals surface area contributed by atoms with Crippen LogP contribution >= 0.6 is 27.3 Å². The summed E-state index contributed by atoms with van der Waals surface area (Å²) in [7, 11) is 0. The second-order valence-electron chi connectivity index (χ2n) is 5.52. The molecule has 0 aromatic carbocycles. The molecule has 2 atom stereocenters. The molecule has 0 spiro atoms. The van der Waals surface area contributed by atoms with E-state index in [-0.39, 0.29) is 0 Å². The summed E-state index contributed by atoms with van der Waals surface area (Å²) in [6.07, 6.45) is 2.89. The summed E-state index contributed by atoms with van der Waals surface area (Å²) in [5.41, 5.74) is 0. The van der Waals surface area contributed by atoms with E-state index in [1.54, 1.807) is 11.3 Å². The van der Waals surface area contributed by atoms with E-state index in [1.165, 1.54) is 0 Å². The number of nitrogens with zero attached hydrogens (tertiary/aromatic N) is 1. The quantitative estimate of drug-likeness (QED) is 0.895. The molecule has 5 heteroatoms. The number of fused-ring (bicyclic) bond motifs is 1. The average molecular weight is 343 g/mol. The first kappa shape index (κ1) is 13.6. The van der Waals surface area contributed by atoms with Crippen molar-refractivity contribution in [2.45, 2.75) is 19.3 Å². The van der Waals surface area contributed by atoms with Crippen LogP contribution in [-0.2, 0) is 11.2 Å². The first-order valence-electron chi connectivity index (χ1n) is 6.95.